The second kappa shape index (κ2) is 4.32. The van der Waals surface area contributed by atoms with Crippen molar-refractivity contribution >= 4 is 10.9 Å². The van der Waals surface area contributed by atoms with Crippen molar-refractivity contribution in [2.75, 3.05) is 0 Å². The molecule has 0 aliphatic heterocycles. The number of benzene rings is 1. The number of nitrogens with zero attached hydrogens (tertiary/aromatic N) is 1. The lowest BCUT2D eigenvalue weighted by Crippen LogP contribution is -2.50. The van der Waals surface area contributed by atoms with Crippen molar-refractivity contribution in [1.82, 2.24) is 4.98 Å². The fourth-order valence-corrected chi connectivity index (χ4v) is 1.52. The molecule has 1 heterocycles. The quantitative estimate of drug-likeness (QED) is 0.743. The van der Waals surface area contributed by atoms with Crippen LogP contribution in [0.1, 0.15) is 7.06 Å². The van der Waals surface area contributed by atoms with Gasteiger partial charge in [0.2, 0.25) is 0 Å². The Labute approximate surface area is 109 Å². The van der Waals surface area contributed by atoms with Crippen molar-refractivity contribution < 1.29 is 32.1 Å². The Morgan fingerprint density at radius 3 is 2.15 bits per heavy atom. The van der Waals surface area contributed by atoms with Gasteiger partial charge < -0.3 is 0 Å². The molecular weight excluding hydrogens is 291 g/mol. The maximum Gasteiger partial charge on any atom is 0.460 e. The summed E-state index contributed by atoms with van der Waals surface area (Å²) < 4.78 is 96.3. The van der Waals surface area contributed by atoms with Crippen molar-refractivity contribution in [2.45, 2.75) is 18.0 Å². The molecule has 0 radical (unpaired) electrons. The number of rotatable bonds is 2. The molecule has 2 aromatic rings. The summed E-state index contributed by atoms with van der Waals surface area (Å²) in [6, 6.07) is 4.77. The third kappa shape index (κ3) is 2.08. The van der Waals surface area contributed by atoms with E-state index >= 15 is 0 Å². The number of pyridine rings is 1. The molecule has 0 fully saturated rings. The minimum absolute atomic E-state index is 0.0180. The summed E-state index contributed by atoms with van der Waals surface area (Å²) in [6.07, 6.45) is -6.40. The lowest BCUT2D eigenvalue weighted by atomic mass is 10.1. The molecule has 1 aromatic heterocycles. The van der Waals surface area contributed by atoms with Crippen LogP contribution in [0, 0.1) is 0 Å². The Morgan fingerprint density at radius 1 is 0.900 bits per heavy atom. The van der Waals surface area contributed by atoms with Gasteiger partial charge in [-0.3, -0.25) is 0 Å². The Balaban J connectivity index is 2.57. The van der Waals surface area contributed by atoms with Crippen molar-refractivity contribution in [2.24, 2.45) is 0 Å². The molecule has 0 bridgehead atoms. The molecule has 2 rings (SSSR count). The third-order valence-corrected chi connectivity index (χ3v) is 2.61. The van der Waals surface area contributed by atoms with E-state index in [2.05, 4.69) is 4.98 Å². The second-order valence-electron chi connectivity index (χ2n) is 3.96. The van der Waals surface area contributed by atoms with E-state index in [9.17, 15) is 30.7 Å². The third-order valence-electron chi connectivity index (χ3n) is 2.61. The van der Waals surface area contributed by atoms with Crippen LogP contribution in [0.2, 0.25) is 0 Å². The zero-order valence-electron chi connectivity index (χ0n) is 10.5. The minimum atomic E-state index is -6.40. The van der Waals surface area contributed by atoms with Crippen LogP contribution < -0.4 is 0 Å². The van der Waals surface area contributed by atoms with Gasteiger partial charge in [-0.05, 0) is 12.1 Å². The average Bonchev–Trinajstić information content (AvgIpc) is 2.36. The van der Waals surface area contributed by atoms with E-state index in [0.29, 0.717) is 6.07 Å². The van der Waals surface area contributed by atoms with E-state index in [0.717, 1.165) is 18.2 Å². The van der Waals surface area contributed by atoms with Crippen molar-refractivity contribution in [3.63, 3.8) is 0 Å². The van der Waals surface area contributed by atoms with Gasteiger partial charge in [0.25, 0.3) is 0 Å². The Kier molecular flexibility index (Phi) is 2.84. The maximum absolute atomic E-state index is 13.5. The maximum atomic E-state index is 13.5. The van der Waals surface area contributed by atoms with E-state index in [1.165, 1.54) is 6.07 Å². The summed E-state index contributed by atoms with van der Waals surface area (Å²) in [5.74, 6) is -11.7. The number of para-hydroxylation sites is 1. The van der Waals surface area contributed by atoms with Crippen LogP contribution in [-0.2, 0) is 5.92 Å². The van der Waals surface area contributed by atoms with Gasteiger partial charge in [0.05, 0.1) is 6.89 Å². The number of halogens is 7. The molecule has 0 spiro atoms. The molecule has 1 nitrogen and oxygen atoms in total. The first-order valence-corrected chi connectivity index (χ1v) is 5.17. The van der Waals surface area contributed by atoms with Crippen molar-refractivity contribution in [3.8, 4) is 0 Å². The highest BCUT2D eigenvalue weighted by atomic mass is 19.4. The van der Waals surface area contributed by atoms with E-state index in [-0.39, 0.29) is 16.9 Å². The van der Waals surface area contributed by atoms with Gasteiger partial charge in [-0.15, -0.1) is 0 Å². The molecular formula is C12H6F7N. The van der Waals surface area contributed by atoms with Crippen molar-refractivity contribution in [1.29, 1.82) is 0 Å². The molecule has 8 heteroatoms. The Bertz CT molecular complexity index is 681. The lowest BCUT2D eigenvalue weighted by molar-refractivity contribution is -0.360. The van der Waals surface area contributed by atoms with Crippen LogP contribution >= 0.6 is 0 Å². The number of hydrogen-bond acceptors (Lipinski definition) is 1. The van der Waals surface area contributed by atoms with Crippen LogP contribution in [0.15, 0.2) is 36.4 Å². The van der Waals surface area contributed by atoms with Gasteiger partial charge in [-0.1, -0.05) is 24.2 Å². The highest BCUT2D eigenvalue weighted by Crippen LogP contribution is 2.51. The normalized spacial score (nSPS) is 14.4. The summed E-state index contributed by atoms with van der Waals surface area (Å²) in [7, 11) is 0. The molecule has 0 saturated heterocycles. The topological polar surface area (TPSA) is 12.9 Å². The standard InChI is InChI=1S/C12H6F7N/c13-10(14,11(15,16)12(17,18)19)9-6-5-7-3-1-2-4-8(7)20-9/h1-6H/i1D. The van der Waals surface area contributed by atoms with Crippen molar-refractivity contribution in [3.05, 3.63) is 42.1 Å². The molecule has 108 valence electrons. The predicted octanol–water partition coefficient (Wildman–Crippen LogP) is 4.52. The van der Waals surface area contributed by atoms with Gasteiger partial charge in [0, 0.05) is 5.39 Å². The zero-order valence-corrected chi connectivity index (χ0v) is 9.48. The van der Waals surface area contributed by atoms with Gasteiger partial charge in [0.1, 0.15) is 5.69 Å². The number of fused-ring (bicyclic) bond motifs is 1. The first kappa shape index (κ1) is 13.1. The summed E-state index contributed by atoms with van der Waals surface area (Å²) in [5.41, 5.74) is -1.89. The Morgan fingerprint density at radius 2 is 1.55 bits per heavy atom. The Hall–Kier alpha value is -1.86. The summed E-state index contributed by atoms with van der Waals surface area (Å²) in [5, 5.41) is 0.178. The molecule has 0 saturated carbocycles. The van der Waals surface area contributed by atoms with Gasteiger partial charge >= 0.3 is 18.0 Å². The molecule has 0 unspecified atom stereocenters. The van der Waals surface area contributed by atoms with E-state index in [4.69, 9.17) is 1.37 Å². The SMILES string of the molecule is [2H]c1ccc2nc(C(F)(F)C(F)(F)C(F)(F)F)ccc2c1. The molecule has 0 amide bonds. The van der Waals surface area contributed by atoms with Crippen LogP contribution in [0.4, 0.5) is 30.7 Å². The first-order valence-electron chi connectivity index (χ1n) is 5.67. The highest BCUT2D eigenvalue weighted by Gasteiger charge is 2.74. The zero-order chi connectivity index (χ0) is 16.1. The summed E-state index contributed by atoms with van der Waals surface area (Å²) in [6.45, 7) is 0. The number of alkyl halides is 7. The van der Waals surface area contributed by atoms with E-state index < -0.39 is 23.7 Å². The molecule has 20 heavy (non-hydrogen) atoms. The summed E-state index contributed by atoms with van der Waals surface area (Å²) >= 11 is 0. The van der Waals surface area contributed by atoms with Crippen LogP contribution in [0.25, 0.3) is 10.9 Å². The highest BCUT2D eigenvalue weighted by molar-refractivity contribution is 5.78. The number of aromatic nitrogens is 1. The van der Waals surface area contributed by atoms with Gasteiger partial charge in [-0.25, -0.2) is 4.98 Å². The van der Waals surface area contributed by atoms with Gasteiger partial charge in [0.15, 0.2) is 0 Å². The van der Waals surface area contributed by atoms with Crippen LogP contribution in [-0.4, -0.2) is 17.1 Å². The monoisotopic (exact) mass is 298 g/mol. The first-order chi connectivity index (χ1) is 9.47. The lowest BCUT2D eigenvalue weighted by Gasteiger charge is -2.27. The fourth-order valence-electron chi connectivity index (χ4n) is 1.52. The molecule has 0 N–H and O–H groups in total. The largest absolute Gasteiger partial charge is 0.460 e. The van der Waals surface area contributed by atoms with Crippen LogP contribution in [0.3, 0.4) is 0 Å². The summed E-state index contributed by atoms with van der Waals surface area (Å²) in [4.78, 5) is 3.15. The second-order valence-corrected chi connectivity index (χ2v) is 3.96. The molecule has 0 atom stereocenters. The fraction of sp³-hybridized carbons (Fsp3) is 0.250. The van der Waals surface area contributed by atoms with Gasteiger partial charge in [-0.2, -0.15) is 30.7 Å². The van der Waals surface area contributed by atoms with Crippen LogP contribution in [0.5, 0.6) is 0 Å². The molecule has 0 aliphatic rings. The molecule has 0 aliphatic carbocycles. The smallest absolute Gasteiger partial charge is 0.246 e. The number of hydrogen-bond donors (Lipinski definition) is 0. The van der Waals surface area contributed by atoms with E-state index in [1.54, 1.807) is 0 Å². The minimum Gasteiger partial charge on any atom is -0.246 e. The van der Waals surface area contributed by atoms with E-state index in [1.807, 2.05) is 0 Å². The average molecular weight is 298 g/mol. The predicted molar refractivity (Wildman–Crippen MR) is 56.6 cm³/mol. The molecule has 1 aromatic carbocycles.